The monoisotopic (exact) mass is 1030 g/mol. The van der Waals surface area contributed by atoms with Gasteiger partial charge in [-0.15, -0.1) is 0 Å². The molecule has 0 aromatic carbocycles. The molecule has 418 valence electrons. The van der Waals surface area contributed by atoms with Crippen molar-refractivity contribution in [1.82, 2.24) is 0 Å². The summed E-state index contributed by atoms with van der Waals surface area (Å²) in [4.78, 5) is 48.5. The average molecular weight is 1040 g/mol. The quantitative estimate of drug-likeness (QED) is 0.0197. The van der Waals surface area contributed by atoms with Crippen molar-refractivity contribution in [2.75, 3.05) is 26.4 Å². The van der Waals surface area contributed by atoms with Crippen molar-refractivity contribution in [3.63, 3.8) is 0 Å². The third-order valence-electron chi connectivity index (χ3n) is 12.4. The Kier molecular flexibility index (Phi) is 52.3. The average Bonchev–Trinajstić information content (AvgIpc) is 3.37. The molecule has 0 saturated carbocycles. The van der Waals surface area contributed by atoms with Gasteiger partial charge in [-0.25, -0.2) is 4.57 Å². The molecule has 0 saturated heterocycles. The van der Waals surface area contributed by atoms with Crippen LogP contribution < -0.4 is 0 Å². The number of aliphatic hydroxyl groups is 1. The molecule has 2 N–H and O–H groups in total. The molecule has 0 radical (unpaired) electrons. The second-order valence-corrected chi connectivity index (χ2v) is 20.9. The predicted octanol–water partition coefficient (Wildman–Crippen LogP) is 17.1. The first-order valence-electron chi connectivity index (χ1n) is 29.2. The van der Waals surface area contributed by atoms with Gasteiger partial charge in [0.15, 0.2) is 6.10 Å². The first-order chi connectivity index (χ1) is 35.2. The van der Waals surface area contributed by atoms with Crippen LogP contribution in [0.5, 0.6) is 0 Å². The van der Waals surface area contributed by atoms with E-state index >= 15 is 0 Å². The molecular formula is C60H107O11P. The molecule has 0 spiro atoms. The number of unbranched alkanes of at least 4 members (excludes halogenated alkanes) is 27. The van der Waals surface area contributed by atoms with Crippen molar-refractivity contribution in [3.05, 3.63) is 60.8 Å². The van der Waals surface area contributed by atoms with Crippen LogP contribution in [-0.4, -0.2) is 66.5 Å². The number of rotatable bonds is 54. The molecule has 3 unspecified atom stereocenters. The van der Waals surface area contributed by atoms with Gasteiger partial charge in [0, 0.05) is 19.3 Å². The summed E-state index contributed by atoms with van der Waals surface area (Å²) in [6, 6.07) is 0. The van der Waals surface area contributed by atoms with Gasteiger partial charge in [0.25, 0.3) is 0 Å². The van der Waals surface area contributed by atoms with E-state index in [0.29, 0.717) is 19.3 Å². The Bertz CT molecular complexity index is 1440. The minimum atomic E-state index is -4.75. The number of allylic oxidation sites excluding steroid dienone is 10. The predicted molar refractivity (Wildman–Crippen MR) is 298 cm³/mol. The van der Waals surface area contributed by atoms with Crippen LogP contribution in [0.1, 0.15) is 265 Å². The van der Waals surface area contributed by atoms with E-state index in [1.807, 2.05) is 0 Å². The van der Waals surface area contributed by atoms with Crippen LogP contribution in [0.25, 0.3) is 0 Å². The van der Waals surface area contributed by atoms with E-state index < -0.39 is 57.8 Å². The normalized spacial score (nSPS) is 13.8. The van der Waals surface area contributed by atoms with E-state index in [4.69, 9.17) is 23.3 Å². The van der Waals surface area contributed by atoms with Gasteiger partial charge in [-0.2, -0.15) is 0 Å². The third kappa shape index (κ3) is 52.1. The number of ether oxygens (including phenoxy) is 3. The van der Waals surface area contributed by atoms with Crippen LogP contribution in [0, 0.1) is 0 Å². The number of esters is 3. The maximum Gasteiger partial charge on any atom is 0.472 e. The Hall–Kier alpha value is -2.82. The van der Waals surface area contributed by atoms with Gasteiger partial charge in [0.1, 0.15) is 12.7 Å². The van der Waals surface area contributed by atoms with Crippen LogP contribution in [0.2, 0.25) is 0 Å². The van der Waals surface area contributed by atoms with Crippen molar-refractivity contribution in [1.29, 1.82) is 0 Å². The Morgan fingerprint density at radius 3 is 1.12 bits per heavy atom. The van der Waals surface area contributed by atoms with Crippen molar-refractivity contribution >= 4 is 25.7 Å². The van der Waals surface area contributed by atoms with Crippen molar-refractivity contribution in [3.8, 4) is 0 Å². The zero-order valence-corrected chi connectivity index (χ0v) is 47.0. The van der Waals surface area contributed by atoms with Gasteiger partial charge in [-0.1, -0.05) is 204 Å². The Balaban J connectivity index is 4.71. The molecule has 11 nitrogen and oxygen atoms in total. The molecular weight excluding hydrogens is 928 g/mol. The smallest absolute Gasteiger partial charge is 0.462 e. The number of hydrogen-bond donors (Lipinski definition) is 2. The van der Waals surface area contributed by atoms with E-state index in [9.17, 15) is 28.9 Å². The Morgan fingerprint density at radius 2 is 0.694 bits per heavy atom. The number of phosphoric ester groups is 1. The zero-order chi connectivity index (χ0) is 52.7. The number of carbonyl (C=O) groups excluding carboxylic acids is 3. The second-order valence-electron chi connectivity index (χ2n) is 19.4. The fourth-order valence-corrected chi connectivity index (χ4v) is 8.65. The maximum atomic E-state index is 12.9. The van der Waals surface area contributed by atoms with E-state index in [-0.39, 0.29) is 25.9 Å². The Labute approximate surface area is 440 Å². The molecule has 0 aromatic rings. The molecule has 0 aromatic heterocycles. The molecule has 0 fully saturated rings. The lowest BCUT2D eigenvalue weighted by molar-refractivity contribution is -0.161. The van der Waals surface area contributed by atoms with Gasteiger partial charge in [-0.3, -0.25) is 23.4 Å². The van der Waals surface area contributed by atoms with Gasteiger partial charge in [0.2, 0.25) is 0 Å². The highest BCUT2D eigenvalue weighted by molar-refractivity contribution is 7.47. The topological polar surface area (TPSA) is 155 Å². The largest absolute Gasteiger partial charge is 0.472 e. The van der Waals surface area contributed by atoms with E-state index in [1.54, 1.807) is 0 Å². The molecule has 0 amide bonds. The van der Waals surface area contributed by atoms with Crippen molar-refractivity contribution in [2.45, 2.75) is 277 Å². The van der Waals surface area contributed by atoms with E-state index in [1.165, 1.54) is 77.0 Å². The molecule has 0 aliphatic carbocycles. The molecule has 3 atom stereocenters. The van der Waals surface area contributed by atoms with Crippen molar-refractivity contribution < 1.29 is 52.2 Å². The summed E-state index contributed by atoms with van der Waals surface area (Å²) < 4.78 is 39.5. The summed E-state index contributed by atoms with van der Waals surface area (Å²) in [6.07, 6.45) is 58.9. The van der Waals surface area contributed by atoms with Gasteiger partial charge in [-0.05, 0) is 103 Å². The molecule has 0 aliphatic heterocycles. The standard InChI is InChI=1S/C60H107O11P/c1-4-7-10-13-16-19-22-24-26-27-28-29-31-33-36-39-42-45-48-51-60(64)71-57(53-67-58(62)49-46-43-40-37-34-21-18-15-12-9-6-3)55-69-72(65,66)68-54-56(52-61)70-59(63)50-47-44-41-38-35-32-30-25-23-20-17-14-11-8-5-2/h15-16,18-19,24-26,28-30,56-57,61H,4-14,17,20-23,27,31-55H2,1-3H3,(H,65,66)/b18-15-,19-16-,26-24-,29-28-,30-25-. The number of hydrogen-bond acceptors (Lipinski definition) is 10. The number of aliphatic hydroxyl groups excluding tert-OH is 1. The molecule has 0 rings (SSSR count). The molecule has 0 heterocycles. The highest BCUT2D eigenvalue weighted by atomic mass is 31.2. The fraction of sp³-hybridized carbons (Fsp3) is 0.783. The molecule has 12 heteroatoms. The van der Waals surface area contributed by atoms with Gasteiger partial charge < -0.3 is 24.2 Å². The molecule has 0 bridgehead atoms. The minimum absolute atomic E-state index is 0.151. The van der Waals surface area contributed by atoms with Gasteiger partial charge in [0.05, 0.1) is 19.8 Å². The lowest BCUT2D eigenvalue weighted by atomic mass is 10.1. The lowest BCUT2D eigenvalue weighted by Gasteiger charge is -2.21. The number of carbonyl (C=O) groups is 3. The van der Waals surface area contributed by atoms with E-state index in [2.05, 4.69) is 81.5 Å². The lowest BCUT2D eigenvalue weighted by Crippen LogP contribution is -2.30. The summed E-state index contributed by atoms with van der Waals surface area (Å²) in [7, 11) is -4.75. The molecule has 72 heavy (non-hydrogen) atoms. The van der Waals surface area contributed by atoms with Crippen LogP contribution in [0.3, 0.4) is 0 Å². The summed E-state index contributed by atoms with van der Waals surface area (Å²) in [5.41, 5.74) is 0. The summed E-state index contributed by atoms with van der Waals surface area (Å²) in [5, 5.41) is 9.81. The van der Waals surface area contributed by atoms with Crippen LogP contribution >= 0.6 is 7.82 Å². The third-order valence-corrected chi connectivity index (χ3v) is 13.3. The van der Waals surface area contributed by atoms with Crippen molar-refractivity contribution in [2.24, 2.45) is 0 Å². The second kappa shape index (κ2) is 54.4. The first kappa shape index (κ1) is 69.2. The van der Waals surface area contributed by atoms with Gasteiger partial charge >= 0.3 is 25.7 Å². The first-order valence-corrected chi connectivity index (χ1v) is 30.7. The highest BCUT2D eigenvalue weighted by Gasteiger charge is 2.28. The highest BCUT2D eigenvalue weighted by Crippen LogP contribution is 2.43. The van der Waals surface area contributed by atoms with Crippen LogP contribution in [0.15, 0.2) is 60.8 Å². The van der Waals surface area contributed by atoms with Crippen LogP contribution in [0.4, 0.5) is 0 Å². The Morgan fingerprint density at radius 1 is 0.389 bits per heavy atom. The summed E-state index contributed by atoms with van der Waals surface area (Å²) in [5.74, 6) is -1.49. The zero-order valence-electron chi connectivity index (χ0n) is 46.1. The number of phosphoric acid groups is 1. The minimum Gasteiger partial charge on any atom is -0.462 e. The summed E-state index contributed by atoms with van der Waals surface area (Å²) >= 11 is 0. The van der Waals surface area contributed by atoms with E-state index in [0.717, 1.165) is 128 Å². The fourth-order valence-electron chi connectivity index (χ4n) is 7.87. The SMILES string of the molecule is CCCC/C=C\CCCCCCCC(=O)OCC(COP(=O)(O)OCC(CO)OC(=O)CCCCCCC/C=C\CCCCCCCC)OC(=O)CCCCCCCC/C=C\C/C=C\C/C=C\CCCCC. The summed E-state index contributed by atoms with van der Waals surface area (Å²) in [6.45, 7) is 4.55. The van der Waals surface area contributed by atoms with Crippen LogP contribution in [-0.2, 0) is 42.2 Å². The maximum absolute atomic E-state index is 12.9. The molecule has 0 aliphatic rings.